The van der Waals surface area contributed by atoms with Crippen molar-refractivity contribution < 1.29 is 4.79 Å². The topological polar surface area (TPSA) is 46.9 Å². The number of rotatable bonds is 5. The van der Waals surface area contributed by atoms with Crippen molar-refractivity contribution in [3.63, 3.8) is 0 Å². The Morgan fingerprint density at radius 1 is 0.897 bits per heavy atom. The fraction of sp³-hybridized carbons (Fsp3) is 0.120. The monoisotopic (exact) mass is 381 g/mol. The third-order valence-electron chi connectivity index (χ3n) is 4.79. The van der Waals surface area contributed by atoms with Gasteiger partial charge in [0.15, 0.2) is 0 Å². The quantitative estimate of drug-likeness (QED) is 0.498. The number of nitrogens with one attached hydrogen (secondary N) is 1. The van der Waals surface area contributed by atoms with Gasteiger partial charge in [-0.25, -0.2) is 0 Å². The minimum absolute atomic E-state index is 0.162. The molecule has 29 heavy (non-hydrogen) atoms. The van der Waals surface area contributed by atoms with E-state index in [2.05, 4.69) is 17.4 Å². The molecule has 0 bridgehead atoms. The molecule has 0 fully saturated rings. The van der Waals surface area contributed by atoms with Gasteiger partial charge in [-0.15, -0.1) is 0 Å². The number of carbonyl (C=O) groups is 1. The first-order valence-electron chi connectivity index (χ1n) is 9.65. The van der Waals surface area contributed by atoms with Crippen LogP contribution >= 0.6 is 0 Å². The van der Waals surface area contributed by atoms with Gasteiger partial charge in [0, 0.05) is 17.4 Å². The third kappa shape index (κ3) is 4.43. The Balaban J connectivity index is 1.69. The number of amides is 1. The van der Waals surface area contributed by atoms with Gasteiger partial charge in [0.1, 0.15) is 5.69 Å². The van der Waals surface area contributed by atoms with E-state index in [1.54, 1.807) is 0 Å². The van der Waals surface area contributed by atoms with Crippen LogP contribution in [0.2, 0.25) is 0 Å². The van der Waals surface area contributed by atoms with Crippen molar-refractivity contribution in [3.8, 4) is 11.3 Å². The van der Waals surface area contributed by atoms with Crippen LogP contribution in [0.5, 0.6) is 0 Å². The summed E-state index contributed by atoms with van der Waals surface area (Å²) in [6, 6.07) is 26.0. The SMILES string of the molecule is Cc1ccc(-c2nn(Cc3ccccc3)cc2C(=O)Nc2cccc(C)c2)cc1. The van der Waals surface area contributed by atoms with Crippen molar-refractivity contribution in [1.29, 1.82) is 0 Å². The van der Waals surface area contributed by atoms with Crippen LogP contribution in [-0.2, 0) is 6.54 Å². The molecule has 0 aliphatic rings. The van der Waals surface area contributed by atoms with Crippen LogP contribution in [0.25, 0.3) is 11.3 Å². The van der Waals surface area contributed by atoms with E-state index >= 15 is 0 Å². The van der Waals surface area contributed by atoms with E-state index in [4.69, 9.17) is 5.10 Å². The summed E-state index contributed by atoms with van der Waals surface area (Å²) in [6.45, 7) is 4.66. The predicted molar refractivity (Wildman–Crippen MR) is 117 cm³/mol. The molecule has 1 amide bonds. The molecule has 0 atom stereocenters. The normalized spacial score (nSPS) is 10.7. The molecule has 1 aromatic heterocycles. The molecule has 0 saturated carbocycles. The lowest BCUT2D eigenvalue weighted by Gasteiger charge is -2.06. The smallest absolute Gasteiger partial charge is 0.259 e. The molecule has 0 aliphatic heterocycles. The highest BCUT2D eigenvalue weighted by atomic mass is 16.1. The Hall–Kier alpha value is -3.66. The highest BCUT2D eigenvalue weighted by molar-refractivity contribution is 6.08. The van der Waals surface area contributed by atoms with Crippen molar-refractivity contribution in [2.75, 3.05) is 5.32 Å². The Bertz CT molecular complexity index is 1130. The van der Waals surface area contributed by atoms with Gasteiger partial charge in [-0.1, -0.05) is 72.3 Å². The minimum atomic E-state index is -0.162. The summed E-state index contributed by atoms with van der Waals surface area (Å²) in [5.41, 5.74) is 6.36. The first-order valence-corrected chi connectivity index (χ1v) is 9.65. The van der Waals surface area contributed by atoms with Crippen molar-refractivity contribution in [3.05, 3.63) is 107 Å². The zero-order valence-corrected chi connectivity index (χ0v) is 16.6. The van der Waals surface area contributed by atoms with Crippen LogP contribution in [0.15, 0.2) is 85.1 Å². The lowest BCUT2D eigenvalue weighted by Crippen LogP contribution is -2.12. The van der Waals surface area contributed by atoms with Gasteiger partial charge >= 0.3 is 0 Å². The van der Waals surface area contributed by atoms with E-state index in [1.165, 1.54) is 5.56 Å². The van der Waals surface area contributed by atoms with Gasteiger partial charge in [0.25, 0.3) is 5.91 Å². The molecule has 3 aromatic carbocycles. The van der Waals surface area contributed by atoms with E-state index in [9.17, 15) is 4.79 Å². The molecular weight excluding hydrogens is 358 g/mol. The van der Waals surface area contributed by atoms with E-state index < -0.39 is 0 Å². The van der Waals surface area contributed by atoms with Crippen LogP contribution < -0.4 is 5.32 Å². The van der Waals surface area contributed by atoms with E-state index in [0.29, 0.717) is 17.8 Å². The lowest BCUT2D eigenvalue weighted by atomic mass is 10.1. The Kier molecular flexibility index (Phi) is 5.25. The number of benzene rings is 3. The average molecular weight is 381 g/mol. The molecule has 0 unspecified atom stereocenters. The zero-order valence-electron chi connectivity index (χ0n) is 16.6. The molecule has 1 N–H and O–H groups in total. The van der Waals surface area contributed by atoms with Crippen LogP contribution in [0.1, 0.15) is 27.0 Å². The molecule has 0 aliphatic carbocycles. The molecule has 4 aromatic rings. The number of carbonyl (C=O) groups excluding carboxylic acids is 1. The number of nitrogens with zero attached hydrogens (tertiary/aromatic N) is 2. The fourth-order valence-electron chi connectivity index (χ4n) is 3.28. The molecule has 144 valence electrons. The molecule has 4 rings (SSSR count). The van der Waals surface area contributed by atoms with Crippen molar-refractivity contribution in [2.24, 2.45) is 0 Å². The van der Waals surface area contributed by atoms with Gasteiger partial charge in [0.05, 0.1) is 12.1 Å². The molecule has 0 radical (unpaired) electrons. The molecular formula is C25H23N3O. The second-order valence-corrected chi connectivity index (χ2v) is 7.26. The molecule has 1 heterocycles. The van der Waals surface area contributed by atoms with Gasteiger partial charge < -0.3 is 5.32 Å². The first-order chi connectivity index (χ1) is 14.1. The van der Waals surface area contributed by atoms with Gasteiger partial charge in [-0.2, -0.15) is 5.10 Å². The second kappa shape index (κ2) is 8.15. The first kappa shape index (κ1) is 18.7. The largest absolute Gasteiger partial charge is 0.322 e. The molecule has 0 saturated heterocycles. The molecule has 4 heteroatoms. The number of aromatic nitrogens is 2. The van der Waals surface area contributed by atoms with Crippen LogP contribution in [0.4, 0.5) is 5.69 Å². The minimum Gasteiger partial charge on any atom is -0.322 e. The van der Waals surface area contributed by atoms with Crippen LogP contribution in [0.3, 0.4) is 0 Å². The second-order valence-electron chi connectivity index (χ2n) is 7.26. The van der Waals surface area contributed by atoms with E-state index in [0.717, 1.165) is 22.4 Å². The maximum atomic E-state index is 13.1. The maximum Gasteiger partial charge on any atom is 0.259 e. The van der Waals surface area contributed by atoms with Gasteiger partial charge in [-0.3, -0.25) is 9.48 Å². The number of hydrogen-bond donors (Lipinski definition) is 1. The summed E-state index contributed by atoms with van der Waals surface area (Å²) in [4.78, 5) is 13.1. The fourth-order valence-corrected chi connectivity index (χ4v) is 3.28. The number of anilines is 1. The number of aryl methyl sites for hydroxylation is 2. The number of hydrogen-bond acceptors (Lipinski definition) is 2. The van der Waals surface area contributed by atoms with Crippen molar-refractivity contribution >= 4 is 11.6 Å². The van der Waals surface area contributed by atoms with Gasteiger partial charge in [0.2, 0.25) is 0 Å². The van der Waals surface area contributed by atoms with Crippen molar-refractivity contribution in [1.82, 2.24) is 9.78 Å². The highest BCUT2D eigenvalue weighted by Crippen LogP contribution is 2.24. The summed E-state index contributed by atoms with van der Waals surface area (Å²) in [6.07, 6.45) is 1.83. The summed E-state index contributed by atoms with van der Waals surface area (Å²) < 4.78 is 1.83. The molecule has 4 nitrogen and oxygen atoms in total. The summed E-state index contributed by atoms with van der Waals surface area (Å²) in [7, 11) is 0. The van der Waals surface area contributed by atoms with Crippen molar-refractivity contribution in [2.45, 2.75) is 20.4 Å². The Morgan fingerprint density at radius 2 is 1.66 bits per heavy atom. The Labute approximate surface area is 170 Å². The summed E-state index contributed by atoms with van der Waals surface area (Å²) >= 11 is 0. The summed E-state index contributed by atoms with van der Waals surface area (Å²) in [5.74, 6) is -0.162. The van der Waals surface area contributed by atoms with Gasteiger partial charge in [-0.05, 0) is 37.1 Å². The van der Waals surface area contributed by atoms with Crippen LogP contribution in [-0.4, -0.2) is 15.7 Å². The zero-order chi connectivity index (χ0) is 20.2. The maximum absolute atomic E-state index is 13.1. The van der Waals surface area contributed by atoms with Crippen LogP contribution in [0, 0.1) is 13.8 Å². The lowest BCUT2D eigenvalue weighted by molar-refractivity contribution is 0.102. The standard InChI is InChI=1S/C25H23N3O/c1-18-11-13-21(14-12-18)24-23(25(29)26-22-10-6-7-19(2)15-22)17-28(27-24)16-20-8-4-3-5-9-20/h3-15,17H,16H2,1-2H3,(H,26,29). The Morgan fingerprint density at radius 3 is 2.38 bits per heavy atom. The summed E-state index contributed by atoms with van der Waals surface area (Å²) in [5, 5.41) is 7.75. The third-order valence-corrected chi connectivity index (χ3v) is 4.79. The van der Waals surface area contributed by atoms with E-state index in [1.807, 2.05) is 91.5 Å². The molecule has 0 spiro atoms. The predicted octanol–water partition coefficient (Wildman–Crippen LogP) is 5.47. The van der Waals surface area contributed by atoms with E-state index in [-0.39, 0.29) is 5.91 Å². The average Bonchev–Trinajstić information content (AvgIpc) is 3.13. The highest BCUT2D eigenvalue weighted by Gasteiger charge is 2.18.